The Morgan fingerprint density at radius 1 is 1.16 bits per heavy atom. The van der Waals surface area contributed by atoms with Crippen LogP contribution in [0.4, 0.5) is 0 Å². The SMILES string of the molecule is C=CCc1cc(/C=C2\SC(=S)N(C)C2=O)cc(OC)c1OCCOc1ccc(C)cc1. The van der Waals surface area contributed by atoms with Gasteiger partial charge in [0.2, 0.25) is 0 Å². The zero-order chi connectivity index (χ0) is 22.4. The standard InChI is InChI=1S/C24H25NO4S2/c1-5-6-18-13-17(15-21-23(26)25(3)24(30)31-21)14-20(27-4)22(18)29-12-11-28-19-9-7-16(2)8-10-19/h5,7-10,13-15H,1,6,11-12H2,2-4H3/b21-15-. The minimum atomic E-state index is -0.104. The van der Waals surface area contributed by atoms with Crippen molar-refractivity contribution in [1.29, 1.82) is 0 Å². The lowest BCUT2D eigenvalue weighted by Crippen LogP contribution is -2.22. The second kappa shape index (κ2) is 10.5. The molecule has 5 nitrogen and oxygen atoms in total. The highest BCUT2D eigenvalue weighted by Gasteiger charge is 2.28. The molecule has 1 heterocycles. The van der Waals surface area contributed by atoms with Gasteiger partial charge >= 0.3 is 0 Å². The van der Waals surface area contributed by atoms with E-state index < -0.39 is 0 Å². The molecule has 2 aromatic rings. The van der Waals surface area contributed by atoms with Crippen molar-refractivity contribution in [2.75, 3.05) is 27.4 Å². The first-order chi connectivity index (χ1) is 14.9. The van der Waals surface area contributed by atoms with Gasteiger partial charge in [-0.3, -0.25) is 9.69 Å². The largest absolute Gasteiger partial charge is 0.493 e. The number of thiocarbonyl (C=S) groups is 1. The maximum Gasteiger partial charge on any atom is 0.265 e. The third kappa shape index (κ3) is 5.68. The molecule has 3 rings (SSSR count). The molecule has 7 heteroatoms. The van der Waals surface area contributed by atoms with Crippen molar-refractivity contribution >= 4 is 40.3 Å². The number of benzene rings is 2. The van der Waals surface area contributed by atoms with Crippen LogP contribution in [0.1, 0.15) is 16.7 Å². The fraction of sp³-hybridized carbons (Fsp3) is 0.250. The van der Waals surface area contributed by atoms with E-state index in [4.69, 9.17) is 26.4 Å². The number of nitrogens with zero attached hydrogens (tertiary/aromatic N) is 1. The molecule has 0 N–H and O–H groups in total. The highest BCUT2D eigenvalue weighted by atomic mass is 32.2. The van der Waals surface area contributed by atoms with Gasteiger partial charge in [-0.05, 0) is 49.2 Å². The minimum absolute atomic E-state index is 0.104. The minimum Gasteiger partial charge on any atom is -0.493 e. The van der Waals surface area contributed by atoms with E-state index in [-0.39, 0.29) is 5.91 Å². The van der Waals surface area contributed by atoms with Gasteiger partial charge in [-0.2, -0.15) is 0 Å². The number of rotatable bonds is 9. The highest BCUT2D eigenvalue weighted by molar-refractivity contribution is 8.26. The van der Waals surface area contributed by atoms with Gasteiger partial charge < -0.3 is 14.2 Å². The molecule has 0 atom stereocenters. The van der Waals surface area contributed by atoms with Crippen LogP contribution < -0.4 is 14.2 Å². The molecule has 31 heavy (non-hydrogen) atoms. The Morgan fingerprint density at radius 3 is 2.48 bits per heavy atom. The van der Waals surface area contributed by atoms with Crippen molar-refractivity contribution in [3.05, 3.63) is 70.6 Å². The smallest absolute Gasteiger partial charge is 0.265 e. The third-order valence-corrected chi connectivity index (χ3v) is 6.13. The fourth-order valence-corrected chi connectivity index (χ4v) is 4.20. The van der Waals surface area contributed by atoms with E-state index in [1.165, 1.54) is 22.2 Å². The lowest BCUT2D eigenvalue weighted by molar-refractivity contribution is -0.121. The summed E-state index contributed by atoms with van der Waals surface area (Å²) in [6.45, 7) is 6.64. The van der Waals surface area contributed by atoms with Crippen LogP contribution in [0.3, 0.4) is 0 Å². The van der Waals surface area contributed by atoms with Gasteiger partial charge in [0.1, 0.15) is 23.3 Å². The Hall–Kier alpha value is -2.77. The maximum atomic E-state index is 12.3. The average molecular weight is 456 g/mol. The number of amides is 1. The number of hydrogen-bond donors (Lipinski definition) is 0. The summed E-state index contributed by atoms with van der Waals surface area (Å²) in [5.74, 6) is 1.94. The molecule has 1 aliphatic rings. The second-order valence-electron chi connectivity index (χ2n) is 6.95. The molecular formula is C24H25NO4S2. The average Bonchev–Trinajstić information content (AvgIpc) is 3.00. The number of carbonyl (C=O) groups is 1. The Labute approximate surface area is 192 Å². The van der Waals surface area contributed by atoms with Gasteiger partial charge in [-0.15, -0.1) is 6.58 Å². The number of carbonyl (C=O) groups excluding carboxylic acids is 1. The van der Waals surface area contributed by atoms with Crippen molar-refractivity contribution < 1.29 is 19.0 Å². The summed E-state index contributed by atoms with van der Waals surface area (Å²) in [6, 6.07) is 11.7. The number of ether oxygens (including phenoxy) is 3. The second-order valence-corrected chi connectivity index (χ2v) is 8.63. The van der Waals surface area contributed by atoms with Crippen molar-refractivity contribution in [2.24, 2.45) is 0 Å². The monoisotopic (exact) mass is 455 g/mol. The van der Waals surface area contributed by atoms with Crippen LogP contribution in [0.2, 0.25) is 0 Å². The number of thioether (sulfide) groups is 1. The van der Waals surface area contributed by atoms with Crippen molar-refractivity contribution in [3.63, 3.8) is 0 Å². The number of aryl methyl sites for hydroxylation is 1. The Bertz CT molecular complexity index is 1010. The third-order valence-electron chi connectivity index (χ3n) is 4.64. The highest BCUT2D eigenvalue weighted by Crippen LogP contribution is 2.37. The first-order valence-corrected chi connectivity index (χ1v) is 11.0. The van der Waals surface area contributed by atoms with Crippen LogP contribution >= 0.6 is 24.0 Å². The van der Waals surface area contributed by atoms with Crippen LogP contribution in [0.15, 0.2) is 54.0 Å². The molecule has 162 valence electrons. The molecule has 0 unspecified atom stereocenters. The maximum absolute atomic E-state index is 12.3. The molecule has 1 amide bonds. The van der Waals surface area contributed by atoms with Crippen LogP contribution in [0.5, 0.6) is 17.2 Å². The zero-order valence-electron chi connectivity index (χ0n) is 17.8. The van der Waals surface area contributed by atoms with Gasteiger partial charge in [-0.1, -0.05) is 47.8 Å². The molecule has 0 aromatic heterocycles. The first-order valence-electron chi connectivity index (χ1n) is 9.78. The van der Waals surface area contributed by atoms with E-state index in [9.17, 15) is 4.79 Å². The number of hydrogen-bond acceptors (Lipinski definition) is 6. The van der Waals surface area contributed by atoms with Gasteiger partial charge in [0.05, 0.1) is 12.0 Å². The summed E-state index contributed by atoms with van der Waals surface area (Å²) in [7, 11) is 3.27. The van der Waals surface area contributed by atoms with Gasteiger partial charge in [-0.25, -0.2) is 0 Å². The van der Waals surface area contributed by atoms with E-state index in [2.05, 4.69) is 6.58 Å². The van der Waals surface area contributed by atoms with Crippen LogP contribution in [-0.4, -0.2) is 42.5 Å². The summed E-state index contributed by atoms with van der Waals surface area (Å²) >= 11 is 6.50. The Balaban J connectivity index is 1.76. The molecule has 0 saturated carbocycles. The normalized spacial score (nSPS) is 14.8. The lowest BCUT2D eigenvalue weighted by Gasteiger charge is -2.16. The summed E-state index contributed by atoms with van der Waals surface area (Å²) in [6.07, 6.45) is 4.23. The quantitative estimate of drug-likeness (QED) is 0.229. The van der Waals surface area contributed by atoms with Crippen molar-refractivity contribution in [2.45, 2.75) is 13.3 Å². The van der Waals surface area contributed by atoms with Gasteiger partial charge in [0.25, 0.3) is 5.91 Å². The van der Waals surface area contributed by atoms with Crippen LogP contribution in [0, 0.1) is 6.92 Å². The molecule has 0 radical (unpaired) electrons. The van der Waals surface area contributed by atoms with E-state index >= 15 is 0 Å². The predicted octanol–water partition coefficient (Wildman–Crippen LogP) is 5.02. The molecule has 2 aromatic carbocycles. The summed E-state index contributed by atoms with van der Waals surface area (Å²) < 4.78 is 17.9. The number of likely N-dealkylation sites (N-methyl/N-ethyl adjacent to an activating group) is 1. The predicted molar refractivity (Wildman–Crippen MR) is 130 cm³/mol. The zero-order valence-corrected chi connectivity index (χ0v) is 19.5. The lowest BCUT2D eigenvalue weighted by atomic mass is 10.0. The molecule has 1 fully saturated rings. The Morgan fingerprint density at radius 2 is 1.87 bits per heavy atom. The van der Waals surface area contributed by atoms with Gasteiger partial charge in [0.15, 0.2) is 11.5 Å². The first kappa shape index (κ1) is 22.9. The van der Waals surface area contributed by atoms with Gasteiger partial charge in [0, 0.05) is 12.6 Å². The van der Waals surface area contributed by atoms with Crippen molar-refractivity contribution in [3.8, 4) is 17.2 Å². The van der Waals surface area contributed by atoms with Crippen LogP contribution in [0.25, 0.3) is 6.08 Å². The van der Waals surface area contributed by atoms with Crippen LogP contribution in [-0.2, 0) is 11.2 Å². The Kier molecular flexibility index (Phi) is 7.76. The molecule has 0 aliphatic carbocycles. The molecular weight excluding hydrogens is 430 g/mol. The van der Waals surface area contributed by atoms with E-state index in [1.54, 1.807) is 20.2 Å². The summed E-state index contributed by atoms with van der Waals surface area (Å²) in [4.78, 5) is 14.4. The fourth-order valence-electron chi connectivity index (χ4n) is 3.02. The molecule has 0 bridgehead atoms. The van der Waals surface area contributed by atoms with E-state index in [0.717, 1.165) is 16.9 Å². The number of allylic oxidation sites excluding steroid dienone is 1. The molecule has 1 saturated heterocycles. The summed E-state index contributed by atoms with van der Waals surface area (Å²) in [5.41, 5.74) is 2.94. The van der Waals surface area contributed by atoms with E-state index in [1.807, 2.05) is 49.4 Å². The number of methoxy groups -OCH3 is 1. The van der Waals surface area contributed by atoms with E-state index in [0.29, 0.717) is 40.4 Å². The van der Waals surface area contributed by atoms with Crippen molar-refractivity contribution in [1.82, 2.24) is 4.90 Å². The topological polar surface area (TPSA) is 48.0 Å². The molecule has 1 aliphatic heterocycles. The molecule has 0 spiro atoms. The summed E-state index contributed by atoms with van der Waals surface area (Å²) in [5, 5.41) is 0.